The standard InChI is InChI=1S/C36H46ClN7O2/c1-35(2,3)16-14-29(45)30(28-13-10-23(18-39-28)24-19-41-34(46-7)42-20-24)22-8-11-25(12-9-22)43-33-40-21-26(36(4,5)6)31(44-33)32-27(37)15-17-38-32/h10,13,15,18-22,25,30H,8-9,11-12,14,16-17H2,1-7H3,(H,40,43,44). The number of ketones is 1. The molecule has 1 N–H and O–H groups in total. The molecule has 0 radical (unpaired) electrons. The van der Waals surface area contributed by atoms with Gasteiger partial charge in [-0.1, -0.05) is 59.2 Å². The fraction of sp³-hybridized carbons (Fsp3) is 0.528. The summed E-state index contributed by atoms with van der Waals surface area (Å²) in [5.41, 5.74) is 5.05. The van der Waals surface area contributed by atoms with Crippen LogP contribution < -0.4 is 10.1 Å². The van der Waals surface area contributed by atoms with Crippen LogP contribution in [0.15, 0.2) is 53.0 Å². The lowest BCUT2D eigenvalue weighted by molar-refractivity contribution is -0.122. The first-order valence-corrected chi connectivity index (χ1v) is 16.6. The number of ether oxygens (including phenoxy) is 1. The number of aliphatic imine (C=N–C) groups is 1. The van der Waals surface area contributed by atoms with Gasteiger partial charge in [0.2, 0.25) is 5.95 Å². The van der Waals surface area contributed by atoms with E-state index in [2.05, 4.69) is 61.8 Å². The van der Waals surface area contributed by atoms with Gasteiger partial charge in [-0.15, -0.1) is 0 Å². The molecule has 1 aliphatic carbocycles. The maximum absolute atomic E-state index is 13.9. The Morgan fingerprint density at radius 1 is 0.957 bits per heavy atom. The van der Waals surface area contributed by atoms with Gasteiger partial charge in [0.25, 0.3) is 0 Å². The molecule has 46 heavy (non-hydrogen) atoms. The van der Waals surface area contributed by atoms with Gasteiger partial charge in [-0.2, -0.15) is 0 Å². The summed E-state index contributed by atoms with van der Waals surface area (Å²) in [4.78, 5) is 41.4. The minimum atomic E-state index is -0.243. The Balaban J connectivity index is 1.31. The van der Waals surface area contributed by atoms with Gasteiger partial charge >= 0.3 is 6.01 Å². The number of carbonyl (C=O) groups excluding carboxylic acids is 1. The van der Waals surface area contributed by atoms with Crippen LogP contribution in [0, 0.1) is 11.3 Å². The third-order valence-electron chi connectivity index (χ3n) is 8.86. The Labute approximate surface area is 277 Å². The first kappa shape index (κ1) is 33.6. The van der Waals surface area contributed by atoms with Crippen molar-refractivity contribution < 1.29 is 9.53 Å². The van der Waals surface area contributed by atoms with E-state index in [1.54, 1.807) is 19.5 Å². The SMILES string of the molecule is COc1ncc(-c2ccc(C(C(=O)CCC(C)(C)C)C3CCC(Nc4ncc(C(C)(C)C)c(C5=NCC=C5Cl)n4)CC3)nc2)cn1. The highest BCUT2D eigenvalue weighted by Crippen LogP contribution is 2.39. The predicted molar refractivity (Wildman–Crippen MR) is 184 cm³/mol. The molecular formula is C36H46ClN7O2. The van der Waals surface area contributed by atoms with Crippen LogP contribution in [0.5, 0.6) is 6.01 Å². The number of pyridine rings is 1. The van der Waals surface area contributed by atoms with Crippen LogP contribution in [0.1, 0.15) is 103 Å². The van der Waals surface area contributed by atoms with Crippen LogP contribution in [0.3, 0.4) is 0 Å². The minimum absolute atomic E-state index is 0.0823. The monoisotopic (exact) mass is 643 g/mol. The number of nitrogens with one attached hydrogen (secondary N) is 1. The summed E-state index contributed by atoms with van der Waals surface area (Å²) in [6.07, 6.45) is 14.1. The van der Waals surface area contributed by atoms with Crippen molar-refractivity contribution in [2.75, 3.05) is 19.0 Å². The predicted octanol–water partition coefficient (Wildman–Crippen LogP) is 7.71. The van der Waals surface area contributed by atoms with E-state index < -0.39 is 0 Å². The van der Waals surface area contributed by atoms with Crippen molar-refractivity contribution in [1.29, 1.82) is 0 Å². The van der Waals surface area contributed by atoms with Gasteiger partial charge in [0, 0.05) is 53.9 Å². The molecule has 0 bridgehead atoms. The molecule has 3 aromatic heterocycles. The molecule has 9 nitrogen and oxygen atoms in total. The summed E-state index contributed by atoms with van der Waals surface area (Å²) in [5.74, 6) is 0.827. The largest absolute Gasteiger partial charge is 0.467 e. The van der Waals surface area contributed by atoms with Crippen LogP contribution in [-0.2, 0) is 10.2 Å². The number of hydrogen-bond donors (Lipinski definition) is 1. The van der Waals surface area contributed by atoms with E-state index in [1.165, 1.54) is 0 Å². The molecule has 2 aliphatic rings. The van der Waals surface area contributed by atoms with Gasteiger partial charge < -0.3 is 10.1 Å². The van der Waals surface area contributed by atoms with Crippen LogP contribution in [0.25, 0.3) is 11.1 Å². The van der Waals surface area contributed by atoms with Gasteiger partial charge in [-0.25, -0.2) is 19.9 Å². The number of nitrogens with zero attached hydrogens (tertiary/aromatic N) is 6. The van der Waals surface area contributed by atoms with Crippen molar-refractivity contribution >= 4 is 29.0 Å². The molecule has 0 amide bonds. The minimum Gasteiger partial charge on any atom is -0.467 e. The summed E-state index contributed by atoms with van der Waals surface area (Å²) < 4.78 is 5.09. The third-order valence-corrected chi connectivity index (χ3v) is 9.19. The molecule has 10 heteroatoms. The Morgan fingerprint density at radius 3 is 2.22 bits per heavy atom. The average Bonchev–Trinajstić information content (AvgIpc) is 3.46. The molecule has 1 atom stereocenters. The average molecular weight is 644 g/mol. The zero-order chi connectivity index (χ0) is 33.1. The first-order valence-electron chi connectivity index (χ1n) is 16.2. The lowest BCUT2D eigenvalue weighted by Crippen LogP contribution is -2.32. The summed E-state index contributed by atoms with van der Waals surface area (Å²) >= 11 is 6.51. The van der Waals surface area contributed by atoms with Crippen LogP contribution in [0.4, 0.5) is 5.95 Å². The Hall–Kier alpha value is -3.72. The van der Waals surface area contributed by atoms with E-state index in [1.807, 2.05) is 30.6 Å². The highest BCUT2D eigenvalue weighted by Gasteiger charge is 2.35. The Bertz CT molecular complexity index is 1580. The molecule has 1 saturated carbocycles. The number of aromatic nitrogens is 5. The number of halogens is 1. The highest BCUT2D eigenvalue weighted by atomic mass is 35.5. The lowest BCUT2D eigenvalue weighted by atomic mass is 9.73. The topological polar surface area (TPSA) is 115 Å². The summed E-state index contributed by atoms with van der Waals surface area (Å²) in [6, 6.07) is 4.54. The first-order chi connectivity index (χ1) is 21.8. The number of allylic oxidation sites excluding steroid dienone is 1. The van der Waals surface area contributed by atoms with E-state index in [9.17, 15) is 4.79 Å². The summed E-state index contributed by atoms with van der Waals surface area (Å²) in [6.45, 7) is 13.5. The quantitative estimate of drug-likeness (QED) is 0.239. The third kappa shape index (κ3) is 8.16. The van der Waals surface area contributed by atoms with Gasteiger partial charge in [0.05, 0.1) is 36.0 Å². The maximum atomic E-state index is 13.9. The smallest absolute Gasteiger partial charge is 0.316 e. The van der Waals surface area contributed by atoms with E-state index in [-0.39, 0.29) is 34.5 Å². The van der Waals surface area contributed by atoms with Crippen molar-refractivity contribution in [2.45, 2.75) is 97.4 Å². The normalized spacial score (nSPS) is 19.3. The fourth-order valence-corrected chi connectivity index (χ4v) is 6.41. The second-order valence-electron chi connectivity index (χ2n) is 14.6. The van der Waals surface area contributed by atoms with Gasteiger partial charge in [0.1, 0.15) is 11.5 Å². The van der Waals surface area contributed by atoms with Crippen molar-refractivity contribution in [1.82, 2.24) is 24.9 Å². The second-order valence-corrected chi connectivity index (χ2v) is 15.0. The molecule has 1 aliphatic heterocycles. The fourth-order valence-electron chi connectivity index (χ4n) is 6.19. The molecule has 0 aromatic carbocycles. The molecule has 1 fully saturated rings. The molecule has 3 aromatic rings. The van der Waals surface area contributed by atoms with Crippen LogP contribution in [0.2, 0.25) is 0 Å². The zero-order valence-corrected chi connectivity index (χ0v) is 28.9. The maximum Gasteiger partial charge on any atom is 0.316 e. The zero-order valence-electron chi connectivity index (χ0n) is 28.1. The molecule has 0 saturated heterocycles. The highest BCUT2D eigenvalue weighted by molar-refractivity contribution is 6.46. The van der Waals surface area contributed by atoms with Crippen molar-refractivity contribution in [3.63, 3.8) is 0 Å². The Kier molecular flexibility index (Phi) is 10.2. The second kappa shape index (κ2) is 14.0. The van der Waals surface area contributed by atoms with Crippen LogP contribution >= 0.6 is 11.6 Å². The Morgan fingerprint density at radius 2 is 1.65 bits per heavy atom. The van der Waals surface area contributed by atoms with Gasteiger partial charge in [-0.3, -0.25) is 14.8 Å². The van der Waals surface area contributed by atoms with Crippen LogP contribution in [-0.4, -0.2) is 56.1 Å². The summed E-state index contributed by atoms with van der Waals surface area (Å²) in [5, 5.41) is 4.22. The number of carbonyl (C=O) groups is 1. The molecule has 4 heterocycles. The van der Waals surface area contributed by atoms with E-state index in [0.29, 0.717) is 30.0 Å². The number of hydrogen-bond acceptors (Lipinski definition) is 9. The molecule has 0 spiro atoms. The molecule has 244 valence electrons. The molecule has 1 unspecified atom stereocenters. The van der Waals surface area contributed by atoms with Crippen molar-refractivity contribution in [3.8, 4) is 17.1 Å². The number of methoxy groups -OCH3 is 1. The van der Waals surface area contributed by atoms with E-state index in [0.717, 1.165) is 65.9 Å². The summed E-state index contributed by atoms with van der Waals surface area (Å²) in [7, 11) is 1.54. The molecular weight excluding hydrogens is 598 g/mol. The van der Waals surface area contributed by atoms with Gasteiger partial charge in [-0.05, 0) is 61.0 Å². The number of rotatable bonds is 10. The lowest BCUT2D eigenvalue weighted by Gasteiger charge is -2.34. The number of anilines is 1. The van der Waals surface area contributed by atoms with Crippen molar-refractivity contribution in [3.05, 3.63) is 65.0 Å². The number of Topliss-reactive ketones (excluding diaryl/α,β-unsaturated/α-hetero) is 1. The van der Waals surface area contributed by atoms with E-state index >= 15 is 0 Å². The van der Waals surface area contributed by atoms with Crippen molar-refractivity contribution in [2.24, 2.45) is 16.3 Å². The van der Waals surface area contributed by atoms with Gasteiger partial charge in [0.15, 0.2) is 0 Å². The molecule has 5 rings (SSSR count). The van der Waals surface area contributed by atoms with E-state index in [4.69, 9.17) is 31.3 Å².